The average Bonchev–Trinajstić information content (AvgIpc) is 3.48. The van der Waals surface area contributed by atoms with Crippen LogP contribution in [0.15, 0.2) is 54.6 Å². The summed E-state index contributed by atoms with van der Waals surface area (Å²) in [5.74, 6) is -0.299. The maximum absolute atomic E-state index is 13.2. The standard InChI is InChI=1S/C21H23FN2O/c22-18-8-6-17(7-9-18)21(25)24-13-12-23(19-10-11-19)15-20(24)14-16-4-2-1-3-5-16/h1-9,19-20H,10-15H2. The fraction of sp³-hybridized carbons (Fsp3) is 0.381. The molecule has 0 radical (unpaired) electrons. The molecule has 1 saturated heterocycles. The third-order valence-electron chi connectivity index (χ3n) is 5.24. The summed E-state index contributed by atoms with van der Waals surface area (Å²) in [5, 5.41) is 0. The molecule has 0 spiro atoms. The Labute approximate surface area is 148 Å². The molecule has 1 heterocycles. The summed E-state index contributed by atoms with van der Waals surface area (Å²) >= 11 is 0. The minimum Gasteiger partial charge on any atom is -0.333 e. The van der Waals surface area contributed by atoms with Crippen molar-refractivity contribution in [2.24, 2.45) is 0 Å². The fourth-order valence-electron chi connectivity index (χ4n) is 3.74. The van der Waals surface area contributed by atoms with Crippen molar-refractivity contribution >= 4 is 5.91 Å². The van der Waals surface area contributed by atoms with Crippen LogP contribution in [0.1, 0.15) is 28.8 Å². The second-order valence-electron chi connectivity index (χ2n) is 7.08. The largest absolute Gasteiger partial charge is 0.333 e. The zero-order chi connectivity index (χ0) is 17.2. The molecule has 1 atom stereocenters. The van der Waals surface area contributed by atoms with Gasteiger partial charge < -0.3 is 4.90 Å². The van der Waals surface area contributed by atoms with Gasteiger partial charge in [-0.3, -0.25) is 9.69 Å². The van der Waals surface area contributed by atoms with Gasteiger partial charge in [-0.1, -0.05) is 30.3 Å². The third-order valence-corrected chi connectivity index (χ3v) is 5.24. The van der Waals surface area contributed by atoms with Gasteiger partial charge in [-0.25, -0.2) is 4.39 Å². The van der Waals surface area contributed by atoms with Crippen molar-refractivity contribution < 1.29 is 9.18 Å². The molecule has 2 aliphatic rings. The molecule has 2 aromatic carbocycles. The van der Waals surface area contributed by atoms with Crippen LogP contribution in [-0.2, 0) is 6.42 Å². The highest BCUT2D eigenvalue weighted by Gasteiger charge is 2.37. The lowest BCUT2D eigenvalue weighted by molar-refractivity contribution is 0.0437. The molecular formula is C21H23FN2O. The van der Waals surface area contributed by atoms with Gasteiger partial charge in [0.05, 0.1) is 0 Å². The number of hydrogen-bond donors (Lipinski definition) is 0. The minimum atomic E-state index is -0.309. The van der Waals surface area contributed by atoms with E-state index in [4.69, 9.17) is 0 Å². The van der Waals surface area contributed by atoms with Crippen LogP contribution in [0.25, 0.3) is 0 Å². The molecule has 1 saturated carbocycles. The normalized spacial score (nSPS) is 21.3. The number of carbonyl (C=O) groups is 1. The van der Waals surface area contributed by atoms with Crippen LogP contribution in [0.2, 0.25) is 0 Å². The molecule has 1 unspecified atom stereocenters. The van der Waals surface area contributed by atoms with Crippen LogP contribution >= 0.6 is 0 Å². The molecule has 4 rings (SSSR count). The van der Waals surface area contributed by atoms with Crippen LogP contribution in [-0.4, -0.2) is 47.4 Å². The number of hydrogen-bond acceptors (Lipinski definition) is 2. The number of carbonyl (C=O) groups excluding carboxylic acids is 1. The van der Waals surface area contributed by atoms with Gasteiger partial charge in [-0.05, 0) is 49.1 Å². The third kappa shape index (κ3) is 3.74. The molecule has 2 fully saturated rings. The number of halogens is 1. The predicted octanol–water partition coefficient (Wildman–Crippen LogP) is 3.36. The molecule has 2 aromatic rings. The molecule has 0 bridgehead atoms. The van der Waals surface area contributed by atoms with Gasteiger partial charge in [0.2, 0.25) is 0 Å². The summed E-state index contributed by atoms with van der Waals surface area (Å²) < 4.78 is 13.2. The number of rotatable bonds is 4. The van der Waals surface area contributed by atoms with E-state index >= 15 is 0 Å². The van der Waals surface area contributed by atoms with Crippen LogP contribution in [0.5, 0.6) is 0 Å². The second kappa shape index (κ2) is 6.96. The monoisotopic (exact) mass is 338 g/mol. The smallest absolute Gasteiger partial charge is 0.254 e. The van der Waals surface area contributed by atoms with E-state index in [1.165, 1.54) is 30.5 Å². The van der Waals surface area contributed by atoms with Gasteiger partial charge in [-0.2, -0.15) is 0 Å². The average molecular weight is 338 g/mol. The highest BCUT2D eigenvalue weighted by atomic mass is 19.1. The highest BCUT2D eigenvalue weighted by molar-refractivity contribution is 5.94. The lowest BCUT2D eigenvalue weighted by Gasteiger charge is -2.42. The zero-order valence-corrected chi connectivity index (χ0v) is 14.3. The van der Waals surface area contributed by atoms with Crippen molar-refractivity contribution in [1.82, 2.24) is 9.80 Å². The van der Waals surface area contributed by atoms with Gasteiger partial charge >= 0.3 is 0 Å². The molecule has 25 heavy (non-hydrogen) atoms. The molecule has 1 aliphatic heterocycles. The fourth-order valence-corrected chi connectivity index (χ4v) is 3.74. The van der Waals surface area contributed by atoms with Crippen molar-refractivity contribution in [3.63, 3.8) is 0 Å². The van der Waals surface area contributed by atoms with Gasteiger partial charge in [0.15, 0.2) is 0 Å². The van der Waals surface area contributed by atoms with E-state index in [1.54, 1.807) is 12.1 Å². The molecule has 1 amide bonds. The Kier molecular flexibility index (Phi) is 4.53. The van der Waals surface area contributed by atoms with Gasteiger partial charge in [0.1, 0.15) is 5.82 Å². The van der Waals surface area contributed by atoms with Crippen molar-refractivity contribution in [1.29, 1.82) is 0 Å². The first-order valence-electron chi connectivity index (χ1n) is 9.05. The topological polar surface area (TPSA) is 23.6 Å². The molecule has 1 aliphatic carbocycles. The van der Waals surface area contributed by atoms with Crippen LogP contribution in [0.3, 0.4) is 0 Å². The van der Waals surface area contributed by atoms with Crippen molar-refractivity contribution in [3.05, 3.63) is 71.5 Å². The lowest BCUT2D eigenvalue weighted by Crippen LogP contribution is -2.56. The van der Waals surface area contributed by atoms with Gasteiger partial charge in [0, 0.05) is 37.3 Å². The van der Waals surface area contributed by atoms with Gasteiger partial charge in [-0.15, -0.1) is 0 Å². The van der Waals surface area contributed by atoms with E-state index in [2.05, 4.69) is 17.0 Å². The molecule has 3 nitrogen and oxygen atoms in total. The van der Waals surface area contributed by atoms with E-state index in [1.807, 2.05) is 23.1 Å². The lowest BCUT2D eigenvalue weighted by atomic mass is 10.0. The number of amides is 1. The maximum atomic E-state index is 13.2. The number of piperazine rings is 1. The summed E-state index contributed by atoms with van der Waals surface area (Å²) in [6, 6.07) is 17.1. The summed E-state index contributed by atoms with van der Waals surface area (Å²) in [6.07, 6.45) is 3.42. The molecule has 4 heteroatoms. The highest BCUT2D eigenvalue weighted by Crippen LogP contribution is 2.30. The number of nitrogens with zero attached hydrogens (tertiary/aromatic N) is 2. The van der Waals surface area contributed by atoms with Crippen LogP contribution in [0, 0.1) is 5.82 Å². The summed E-state index contributed by atoms with van der Waals surface area (Å²) in [7, 11) is 0. The predicted molar refractivity (Wildman–Crippen MR) is 96.0 cm³/mol. The van der Waals surface area contributed by atoms with E-state index in [-0.39, 0.29) is 17.8 Å². The van der Waals surface area contributed by atoms with Gasteiger partial charge in [0.25, 0.3) is 5.91 Å². The Morgan fingerprint density at radius 2 is 1.72 bits per heavy atom. The van der Waals surface area contributed by atoms with Crippen molar-refractivity contribution in [3.8, 4) is 0 Å². The van der Waals surface area contributed by atoms with Crippen molar-refractivity contribution in [2.75, 3.05) is 19.6 Å². The van der Waals surface area contributed by atoms with Crippen LogP contribution in [0.4, 0.5) is 4.39 Å². The number of benzene rings is 2. The Hall–Kier alpha value is -2.20. The summed E-state index contributed by atoms with van der Waals surface area (Å²) in [5.41, 5.74) is 1.82. The van der Waals surface area contributed by atoms with E-state index in [9.17, 15) is 9.18 Å². The Morgan fingerprint density at radius 1 is 1.00 bits per heavy atom. The Bertz CT molecular complexity index is 727. The minimum absolute atomic E-state index is 0.0105. The maximum Gasteiger partial charge on any atom is 0.254 e. The molecule has 0 aromatic heterocycles. The summed E-state index contributed by atoms with van der Waals surface area (Å²) in [4.78, 5) is 17.5. The van der Waals surface area contributed by atoms with E-state index in [0.29, 0.717) is 11.6 Å². The second-order valence-corrected chi connectivity index (χ2v) is 7.08. The molecule has 130 valence electrons. The van der Waals surface area contributed by atoms with Crippen molar-refractivity contribution in [2.45, 2.75) is 31.3 Å². The summed E-state index contributed by atoms with van der Waals surface area (Å²) in [6.45, 7) is 2.60. The quantitative estimate of drug-likeness (QED) is 0.853. The first-order chi connectivity index (χ1) is 12.2. The zero-order valence-electron chi connectivity index (χ0n) is 14.3. The first kappa shape index (κ1) is 16.3. The first-order valence-corrected chi connectivity index (χ1v) is 9.05. The molecule has 0 N–H and O–H groups in total. The Balaban J connectivity index is 1.54. The van der Waals surface area contributed by atoms with E-state index in [0.717, 1.165) is 26.1 Å². The Morgan fingerprint density at radius 3 is 2.40 bits per heavy atom. The SMILES string of the molecule is O=C(c1ccc(F)cc1)N1CCN(C2CC2)CC1Cc1ccccc1. The van der Waals surface area contributed by atoms with E-state index < -0.39 is 0 Å². The molecular weight excluding hydrogens is 315 g/mol. The van der Waals surface area contributed by atoms with Crippen LogP contribution < -0.4 is 0 Å².